The van der Waals surface area contributed by atoms with Crippen LogP contribution in [0.2, 0.25) is 5.02 Å². The number of guanidine groups is 1. The van der Waals surface area contributed by atoms with Crippen LogP contribution >= 0.6 is 35.6 Å². The molecule has 1 heterocycles. The molecule has 2 rings (SSSR count). The van der Waals surface area contributed by atoms with E-state index in [4.69, 9.17) is 16.6 Å². The number of hydrogen-bond acceptors (Lipinski definition) is 3. The van der Waals surface area contributed by atoms with Gasteiger partial charge in [0.1, 0.15) is 0 Å². The van der Waals surface area contributed by atoms with Gasteiger partial charge in [0.2, 0.25) is 10.0 Å². The summed E-state index contributed by atoms with van der Waals surface area (Å²) in [5, 5.41) is 4.01. The van der Waals surface area contributed by atoms with E-state index in [2.05, 4.69) is 10.0 Å². The number of sulfonamides is 1. The van der Waals surface area contributed by atoms with Crippen molar-refractivity contribution in [3.63, 3.8) is 0 Å². The lowest BCUT2D eigenvalue weighted by molar-refractivity contribution is 0.462. The summed E-state index contributed by atoms with van der Waals surface area (Å²) in [6.45, 7) is 3.97. The first-order chi connectivity index (χ1) is 13.2. The van der Waals surface area contributed by atoms with Crippen LogP contribution in [0, 0.1) is 0 Å². The molecule has 0 aliphatic heterocycles. The van der Waals surface area contributed by atoms with Gasteiger partial charge >= 0.3 is 0 Å². The van der Waals surface area contributed by atoms with Crippen LogP contribution in [0.3, 0.4) is 0 Å². The summed E-state index contributed by atoms with van der Waals surface area (Å²) in [4.78, 5) is 6.74. The molecule has 29 heavy (non-hydrogen) atoms. The van der Waals surface area contributed by atoms with Gasteiger partial charge in [-0.1, -0.05) is 35.9 Å². The van der Waals surface area contributed by atoms with E-state index >= 15 is 0 Å². The largest absolute Gasteiger partial charge is 0.357 e. The number of aliphatic imine (C=N–C) groups is 1. The second-order valence-electron chi connectivity index (χ2n) is 6.57. The first-order valence-corrected chi connectivity index (χ1v) is 11.1. The zero-order chi connectivity index (χ0) is 20.7. The van der Waals surface area contributed by atoms with E-state index < -0.39 is 10.0 Å². The van der Waals surface area contributed by atoms with Gasteiger partial charge in [-0.05, 0) is 31.2 Å². The lowest BCUT2D eigenvalue weighted by Crippen LogP contribution is -2.38. The molecule has 0 amide bonds. The molecule has 7 nitrogen and oxygen atoms in total. The average molecular weight is 554 g/mol. The van der Waals surface area contributed by atoms with Crippen molar-refractivity contribution in [2.45, 2.75) is 25.8 Å². The van der Waals surface area contributed by atoms with E-state index in [1.807, 2.05) is 67.0 Å². The Balaban J connectivity index is 0.00000420. The Hall–Kier alpha value is -1.30. The Bertz CT molecular complexity index is 913. The van der Waals surface area contributed by atoms with Crippen molar-refractivity contribution in [2.24, 2.45) is 12.0 Å². The predicted molar refractivity (Wildman–Crippen MR) is 130 cm³/mol. The molecule has 162 valence electrons. The summed E-state index contributed by atoms with van der Waals surface area (Å²) in [7, 11) is 2.10. The fraction of sp³-hybridized carbons (Fsp3) is 0.421. The highest BCUT2D eigenvalue weighted by Gasteiger charge is 2.10. The summed E-state index contributed by atoms with van der Waals surface area (Å²) in [5.74, 6) is 0.763. The van der Waals surface area contributed by atoms with Crippen molar-refractivity contribution < 1.29 is 8.42 Å². The van der Waals surface area contributed by atoms with Crippen LogP contribution in [-0.2, 0) is 35.9 Å². The highest BCUT2D eigenvalue weighted by Crippen LogP contribution is 2.14. The lowest BCUT2D eigenvalue weighted by atomic mass is 10.1. The monoisotopic (exact) mass is 553 g/mol. The maximum atomic E-state index is 11.6. The van der Waals surface area contributed by atoms with Gasteiger partial charge in [0.05, 0.1) is 23.9 Å². The summed E-state index contributed by atoms with van der Waals surface area (Å²) in [6.07, 6.45) is 1.88. The van der Waals surface area contributed by atoms with E-state index in [0.717, 1.165) is 29.3 Å². The Morgan fingerprint density at radius 2 is 1.86 bits per heavy atom. The first kappa shape index (κ1) is 25.7. The highest BCUT2D eigenvalue weighted by molar-refractivity contribution is 14.0. The van der Waals surface area contributed by atoms with E-state index in [1.54, 1.807) is 0 Å². The smallest absolute Gasteiger partial charge is 0.215 e. The lowest BCUT2D eigenvalue weighted by Gasteiger charge is -2.22. The SMILES string of the molecule is CCNC(=NCc1ccc(CS(=O)(=O)NC)cc1)N(C)Cc1cc(Cl)cn1C.I. The molecule has 1 aromatic carbocycles. The molecular formula is C19H29ClIN5O2S. The fourth-order valence-corrected chi connectivity index (χ4v) is 3.76. The third kappa shape index (κ3) is 8.15. The fourth-order valence-electron chi connectivity index (χ4n) is 2.71. The molecule has 0 aliphatic carbocycles. The highest BCUT2D eigenvalue weighted by atomic mass is 127. The molecule has 0 fully saturated rings. The van der Waals surface area contributed by atoms with Crippen LogP contribution in [-0.4, -0.2) is 44.5 Å². The van der Waals surface area contributed by atoms with Crippen molar-refractivity contribution >= 4 is 51.6 Å². The third-order valence-corrected chi connectivity index (χ3v) is 5.81. The van der Waals surface area contributed by atoms with Gasteiger partial charge in [-0.25, -0.2) is 18.1 Å². The molecular weight excluding hydrogens is 525 g/mol. The molecule has 0 bridgehead atoms. The van der Waals surface area contributed by atoms with E-state index in [-0.39, 0.29) is 29.7 Å². The van der Waals surface area contributed by atoms with E-state index in [0.29, 0.717) is 18.1 Å². The zero-order valence-electron chi connectivity index (χ0n) is 17.1. The molecule has 0 radical (unpaired) electrons. The van der Waals surface area contributed by atoms with Crippen molar-refractivity contribution in [1.82, 2.24) is 19.5 Å². The van der Waals surface area contributed by atoms with E-state index in [1.165, 1.54) is 7.05 Å². The summed E-state index contributed by atoms with van der Waals surface area (Å²) < 4.78 is 27.6. The zero-order valence-corrected chi connectivity index (χ0v) is 21.0. The number of rotatable bonds is 8. The minimum absolute atomic E-state index is 0. The van der Waals surface area contributed by atoms with Crippen molar-refractivity contribution in [3.05, 3.63) is 58.4 Å². The summed E-state index contributed by atoms with van der Waals surface area (Å²) in [6, 6.07) is 9.40. The van der Waals surface area contributed by atoms with Gasteiger partial charge in [0.25, 0.3) is 0 Å². The maximum absolute atomic E-state index is 11.6. The summed E-state index contributed by atoms with van der Waals surface area (Å²) >= 11 is 6.07. The van der Waals surface area contributed by atoms with Gasteiger partial charge in [-0.3, -0.25) is 0 Å². The number of halogens is 2. The first-order valence-electron chi connectivity index (χ1n) is 9.03. The van der Waals surface area contributed by atoms with Gasteiger partial charge in [-0.2, -0.15) is 0 Å². The Morgan fingerprint density at radius 1 is 1.24 bits per heavy atom. The molecule has 0 spiro atoms. The number of aromatic nitrogens is 1. The molecule has 0 atom stereocenters. The van der Waals surface area contributed by atoms with Crippen LogP contribution in [0.25, 0.3) is 0 Å². The second-order valence-corrected chi connectivity index (χ2v) is 8.93. The molecule has 2 N–H and O–H groups in total. The summed E-state index contributed by atoms with van der Waals surface area (Å²) in [5.41, 5.74) is 2.84. The molecule has 1 aromatic heterocycles. The van der Waals surface area contributed by atoms with E-state index in [9.17, 15) is 8.42 Å². The van der Waals surface area contributed by atoms with Gasteiger partial charge in [-0.15, -0.1) is 24.0 Å². The Morgan fingerprint density at radius 3 is 2.38 bits per heavy atom. The Labute approximate surface area is 195 Å². The normalized spacial score (nSPS) is 11.8. The average Bonchev–Trinajstić information content (AvgIpc) is 2.96. The number of hydrogen-bond donors (Lipinski definition) is 2. The molecule has 0 aliphatic rings. The van der Waals surface area contributed by atoms with Crippen LogP contribution in [0.15, 0.2) is 41.5 Å². The van der Waals surface area contributed by atoms with Gasteiger partial charge in [0, 0.05) is 32.5 Å². The van der Waals surface area contributed by atoms with Crippen LogP contribution < -0.4 is 10.0 Å². The molecule has 0 saturated heterocycles. The van der Waals surface area contributed by atoms with Crippen molar-refractivity contribution in [2.75, 3.05) is 20.6 Å². The number of nitrogens with zero attached hydrogens (tertiary/aromatic N) is 3. The minimum atomic E-state index is -3.27. The van der Waals surface area contributed by atoms with Crippen LogP contribution in [0.5, 0.6) is 0 Å². The molecule has 0 saturated carbocycles. The Kier molecular flexibility index (Phi) is 10.4. The standard InChI is InChI=1S/C19H28ClN5O2S.HI/c1-5-22-19(25(4)13-18-10-17(20)12-24(18)3)23-11-15-6-8-16(9-7-15)14-28(26,27)21-2;/h6-10,12,21H,5,11,13-14H2,1-4H3,(H,22,23);1H. The number of nitrogens with one attached hydrogen (secondary N) is 2. The van der Waals surface area contributed by atoms with Gasteiger partial charge < -0.3 is 14.8 Å². The number of benzene rings is 1. The van der Waals surface area contributed by atoms with Crippen LogP contribution in [0.4, 0.5) is 0 Å². The van der Waals surface area contributed by atoms with Crippen molar-refractivity contribution in [1.29, 1.82) is 0 Å². The topological polar surface area (TPSA) is 78.7 Å². The molecule has 2 aromatic rings. The van der Waals surface area contributed by atoms with Crippen LogP contribution in [0.1, 0.15) is 23.7 Å². The minimum Gasteiger partial charge on any atom is -0.357 e. The maximum Gasteiger partial charge on any atom is 0.215 e. The second kappa shape index (κ2) is 11.8. The molecule has 0 unspecified atom stereocenters. The van der Waals surface area contributed by atoms with Crippen molar-refractivity contribution in [3.8, 4) is 0 Å². The van der Waals surface area contributed by atoms with Gasteiger partial charge in [0.15, 0.2) is 5.96 Å². The number of aryl methyl sites for hydroxylation is 1. The molecule has 10 heteroatoms. The quantitative estimate of drug-likeness (QED) is 0.299. The third-order valence-electron chi connectivity index (χ3n) is 4.27. The predicted octanol–water partition coefficient (Wildman–Crippen LogP) is 2.94.